The Morgan fingerprint density at radius 1 is 1.55 bits per heavy atom. The molecule has 0 saturated heterocycles. The summed E-state index contributed by atoms with van der Waals surface area (Å²) in [5.41, 5.74) is 2.55. The van der Waals surface area contributed by atoms with Gasteiger partial charge in [0.1, 0.15) is 11.8 Å². The molecule has 2 rings (SSSR count). The van der Waals surface area contributed by atoms with Crippen molar-refractivity contribution in [3.05, 3.63) is 23.5 Å². The fourth-order valence-electron chi connectivity index (χ4n) is 1.08. The van der Waals surface area contributed by atoms with E-state index in [-0.39, 0.29) is 0 Å². The number of hydrogen-bond donors (Lipinski definition) is 0. The number of aliphatic imine (C=N–C) groups is 2. The minimum absolute atomic E-state index is 0.561. The highest BCUT2D eigenvalue weighted by Crippen LogP contribution is 2.23. The quantitative estimate of drug-likeness (QED) is 0.502. The molecule has 0 aliphatic carbocycles. The summed E-state index contributed by atoms with van der Waals surface area (Å²) < 4.78 is 0. The van der Waals surface area contributed by atoms with Crippen molar-refractivity contribution in [2.24, 2.45) is 9.98 Å². The van der Waals surface area contributed by atoms with Gasteiger partial charge in [-0.3, -0.25) is 4.99 Å². The van der Waals surface area contributed by atoms with Gasteiger partial charge in [0.15, 0.2) is 0 Å². The first-order valence-corrected chi connectivity index (χ1v) is 3.31. The second kappa shape index (κ2) is 2.17. The Bertz CT molecular complexity index is 350. The molecule has 52 valence electrons. The number of fused-ring (bicyclic) bond motifs is 1. The van der Waals surface area contributed by atoms with Gasteiger partial charge in [-0.25, -0.2) is 4.99 Å². The molecule has 0 radical (unpaired) electrons. The van der Waals surface area contributed by atoms with E-state index >= 15 is 0 Å². The molecule has 0 bridgehead atoms. The van der Waals surface area contributed by atoms with Crippen LogP contribution in [-0.4, -0.2) is 11.9 Å². The Balaban J connectivity index is 2.39. The average molecular weight is 143 g/mol. The fraction of sp³-hybridized carbons (Fsp3) is 0.125. The van der Waals surface area contributed by atoms with Crippen LogP contribution in [0, 0.1) is 11.3 Å². The zero-order chi connectivity index (χ0) is 7.68. The standard InChI is InChI=1S/C8H5N3/c9-4-7-3-6-1-2-10-8(6)5-11-7/h1-2,5H,3H2. The van der Waals surface area contributed by atoms with Crippen LogP contribution in [0.15, 0.2) is 33.5 Å². The highest BCUT2D eigenvalue weighted by atomic mass is 14.8. The molecule has 0 aromatic rings. The molecule has 0 N–H and O–H groups in total. The Morgan fingerprint density at radius 2 is 2.45 bits per heavy atom. The number of nitriles is 1. The second-order valence-electron chi connectivity index (χ2n) is 2.35. The average Bonchev–Trinajstić information content (AvgIpc) is 2.50. The highest BCUT2D eigenvalue weighted by Gasteiger charge is 2.14. The Morgan fingerprint density at radius 3 is 3.27 bits per heavy atom. The zero-order valence-corrected chi connectivity index (χ0v) is 5.78. The smallest absolute Gasteiger partial charge is 0.122 e. The van der Waals surface area contributed by atoms with Gasteiger partial charge in [-0.2, -0.15) is 5.26 Å². The molecule has 0 aromatic heterocycles. The lowest BCUT2D eigenvalue weighted by Gasteiger charge is -2.05. The molecule has 0 fully saturated rings. The third-order valence-electron chi connectivity index (χ3n) is 1.65. The molecule has 0 saturated carbocycles. The van der Waals surface area contributed by atoms with Crippen molar-refractivity contribution in [2.75, 3.05) is 0 Å². The van der Waals surface area contributed by atoms with E-state index in [1.165, 1.54) is 0 Å². The van der Waals surface area contributed by atoms with Gasteiger partial charge in [-0.15, -0.1) is 0 Å². The van der Waals surface area contributed by atoms with Crippen LogP contribution in [0.1, 0.15) is 6.42 Å². The molecular formula is C8H5N3. The van der Waals surface area contributed by atoms with E-state index in [0.717, 1.165) is 11.3 Å². The lowest BCUT2D eigenvalue weighted by Crippen LogP contribution is -2.00. The van der Waals surface area contributed by atoms with E-state index in [4.69, 9.17) is 5.26 Å². The largest absolute Gasteiger partial charge is 0.255 e. The maximum Gasteiger partial charge on any atom is 0.122 e. The number of hydrogen-bond acceptors (Lipinski definition) is 3. The van der Waals surface area contributed by atoms with Crippen LogP contribution in [0.2, 0.25) is 0 Å². The molecular weight excluding hydrogens is 138 g/mol. The molecule has 0 unspecified atom stereocenters. The number of nitrogens with zero attached hydrogens (tertiary/aromatic N) is 3. The van der Waals surface area contributed by atoms with Gasteiger partial charge >= 0.3 is 0 Å². The van der Waals surface area contributed by atoms with Crippen molar-refractivity contribution in [3.8, 4) is 6.07 Å². The summed E-state index contributed by atoms with van der Waals surface area (Å²) in [6.07, 6.45) is 5.91. The minimum atomic E-state index is 0.561. The first kappa shape index (κ1) is 6.05. The summed E-state index contributed by atoms with van der Waals surface area (Å²) in [7, 11) is 0. The molecule has 0 amide bonds. The third-order valence-corrected chi connectivity index (χ3v) is 1.65. The van der Waals surface area contributed by atoms with E-state index in [1.807, 2.05) is 12.1 Å². The van der Waals surface area contributed by atoms with Crippen molar-refractivity contribution < 1.29 is 0 Å². The van der Waals surface area contributed by atoms with E-state index in [2.05, 4.69) is 9.98 Å². The topological polar surface area (TPSA) is 48.5 Å². The van der Waals surface area contributed by atoms with Gasteiger partial charge in [0.25, 0.3) is 0 Å². The van der Waals surface area contributed by atoms with Crippen molar-refractivity contribution in [3.63, 3.8) is 0 Å². The maximum absolute atomic E-state index is 8.53. The van der Waals surface area contributed by atoms with Crippen molar-refractivity contribution in [1.29, 1.82) is 5.26 Å². The lowest BCUT2D eigenvalue weighted by molar-refractivity contribution is 1.19. The molecule has 2 heterocycles. The lowest BCUT2D eigenvalue weighted by atomic mass is 10.1. The van der Waals surface area contributed by atoms with Crippen LogP contribution in [0.4, 0.5) is 0 Å². The normalized spacial score (nSPS) is 19.7. The predicted molar refractivity (Wildman–Crippen MR) is 42.3 cm³/mol. The van der Waals surface area contributed by atoms with Gasteiger partial charge in [-0.05, 0) is 11.6 Å². The van der Waals surface area contributed by atoms with Crippen LogP contribution < -0.4 is 0 Å². The van der Waals surface area contributed by atoms with Crippen LogP contribution in [0.5, 0.6) is 0 Å². The minimum Gasteiger partial charge on any atom is -0.255 e. The third kappa shape index (κ3) is 0.887. The summed E-state index contributed by atoms with van der Waals surface area (Å²) in [5, 5.41) is 8.53. The number of rotatable bonds is 0. The van der Waals surface area contributed by atoms with Crippen molar-refractivity contribution >= 4 is 11.9 Å². The molecule has 0 spiro atoms. The van der Waals surface area contributed by atoms with Gasteiger partial charge in [0.05, 0.1) is 11.9 Å². The van der Waals surface area contributed by atoms with Crippen LogP contribution >= 0.6 is 0 Å². The van der Waals surface area contributed by atoms with Crippen LogP contribution in [0.3, 0.4) is 0 Å². The maximum atomic E-state index is 8.53. The SMILES string of the molecule is N#CC1=NC=C2N=CC=C2C1. The Kier molecular flexibility index (Phi) is 1.19. The molecule has 0 aromatic carbocycles. The molecule has 3 nitrogen and oxygen atoms in total. The first-order valence-electron chi connectivity index (χ1n) is 3.31. The monoisotopic (exact) mass is 143 g/mol. The van der Waals surface area contributed by atoms with Crippen LogP contribution in [-0.2, 0) is 0 Å². The summed E-state index contributed by atoms with van der Waals surface area (Å²) >= 11 is 0. The predicted octanol–water partition coefficient (Wildman–Crippen LogP) is 1.21. The molecule has 11 heavy (non-hydrogen) atoms. The van der Waals surface area contributed by atoms with Crippen molar-refractivity contribution in [1.82, 2.24) is 0 Å². The van der Waals surface area contributed by atoms with Gasteiger partial charge in [-0.1, -0.05) is 0 Å². The fourth-order valence-corrected chi connectivity index (χ4v) is 1.08. The van der Waals surface area contributed by atoms with Crippen molar-refractivity contribution in [2.45, 2.75) is 6.42 Å². The van der Waals surface area contributed by atoms with Gasteiger partial charge < -0.3 is 0 Å². The van der Waals surface area contributed by atoms with Crippen LogP contribution in [0.25, 0.3) is 0 Å². The molecule has 3 heteroatoms. The van der Waals surface area contributed by atoms with E-state index < -0.39 is 0 Å². The molecule has 0 atom stereocenters. The van der Waals surface area contributed by atoms with Gasteiger partial charge in [0.2, 0.25) is 0 Å². The number of allylic oxidation sites excluding steroid dienone is 2. The summed E-state index contributed by atoms with van der Waals surface area (Å²) in [6.45, 7) is 0. The molecule has 2 aliphatic heterocycles. The second-order valence-corrected chi connectivity index (χ2v) is 2.35. The molecule has 2 aliphatic rings. The Hall–Kier alpha value is -1.69. The van der Waals surface area contributed by atoms with Gasteiger partial charge in [0, 0.05) is 12.6 Å². The summed E-state index contributed by atoms with van der Waals surface area (Å²) in [5.74, 6) is 0. The highest BCUT2D eigenvalue weighted by molar-refractivity contribution is 6.02. The van der Waals surface area contributed by atoms with E-state index in [0.29, 0.717) is 12.1 Å². The van der Waals surface area contributed by atoms with E-state index in [9.17, 15) is 0 Å². The summed E-state index contributed by atoms with van der Waals surface area (Å²) in [4.78, 5) is 7.98. The summed E-state index contributed by atoms with van der Waals surface area (Å²) in [6, 6.07) is 2.03. The van der Waals surface area contributed by atoms with E-state index in [1.54, 1.807) is 12.4 Å². The first-order chi connectivity index (χ1) is 5.40. The Labute approximate surface area is 64.1 Å². The zero-order valence-electron chi connectivity index (χ0n) is 5.78.